The van der Waals surface area contributed by atoms with E-state index in [0.717, 1.165) is 48.9 Å². The molecular formula is C24H28N4O3. The van der Waals surface area contributed by atoms with Crippen molar-refractivity contribution in [3.8, 4) is 11.6 Å². The molecule has 1 fully saturated rings. The SMILES string of the molecule is CCc1nccn1-c1cccc([C@@H]2CCCN2C(=O)c2ccc(OCCOC)cc2)n1. The Morgan fingerprint density at radius 3 is 2.77 bits per heavy atom. The maximum atomic E-state index is 13.2. The van der Waals surface area contributed by atoms with Crippen LogP contribution < -0.4 is 4.74 Å². The molecule has 0 saturated carbocycles. The Kier molecular flexibility index (Phi) is 6.62. The van der Waals surface area contributed by atoms with Gasteiger partial charge in [-0.05, 0) is 49.2 Å². The van der Waals surface area contributed by atoms with Crippen molar-refractivity contribution in [1.29, 1.82) is 0 Å². The average Bonchev–Trinajstić information content (AvgIpc) is 3.49. The van der Waals surface area contributed by atoms with Gasteiger partial charge in [0.1, 0.15) is 24.0 Å². The number of ether oxygens (including phenoxy) is 2. The van der Waals surface area contributed by atoms with Crippen molar-refractivity contribution < 1.29 is 14.3 Å². The zero-order chi connectivity index (χ0) is 21.6. The molecule has 0 aliphatic carbocycles. The lowest BCUT2D eigenvalue weighted by Gasteiger charge is -2.25. The fourth-order valence-corrected chi connectivity index (χ4v) is 3.98. The molecule has 0 radical (unpaired) electrons. The molecule has 7 nitrogen and oxygen atoms in total. The van der Waals surface area contributed by atoms with Crippen molar-refractivity contribution in [1.82, 2.24) is 19.4 Å². The molecule has 1 aliphatic rings. The predicted molar refractivity (Wildman–Crippen MR) is 118 cm³/mol. The molecule has 162 valence electrons. The molecule has 4 rings (SSSR count). The number of hydrogen-bond donors (Lipinski definition) is 0. The van der Waals surface area contributed by atoms with Gasteiger partial charge in [-0.2, -0.15) is 0 Å². The molecule has 1 amide bonds. The summed E-state index contributed by atoms with van der Waals surface area (Å²) in [6.45, 7) is 3.82. The second kappa shape index (κ2) is 9.75. The molecule has 7 heteroatoms. The second-order valence-electron chi connectivity index (χ2n) is 7.51. The van der Waals surface area contributed by atoms with Crippen LogP contribution in [0.4, 0.5) is 0 Å². The van der Waals surface area contributed by atoms with E-state index in [4.69, 9.17) is 14.5 Å². The summed E-state index contributed by atoms with van der Waals surface area (Å²) in [5, 5.41) is 0. The number of benzene rings is 1. The lowest BCUT2D eigenvalue weighted by atomic mass is 10.1. The molecule has 2 aromatic heterocycles. The Labute approximate surface area is 182 Å². The van der Waals surface area contributed by atoms with Gasteiger partial charge in [0.15, 0.2) is 0 Å². The summed E-state index contributed by atoms with van der Waals surface area (Å²) in [6.07, 6.45) is 6.43. The number of likely N-dealkylation sites (tertiary alicyclic amines) is 1. The minimum absolute atomic E-state index is 0.0232. The normalized spacial score (nSPS) is 15.9. The van der Waals surface area contributed by atoms with Gasteiger partial charge in [-0.25, -0.2) is 9.97 Å². The Hall–Kier alpha value is -3.19. The minimum Gasteiger partial charge on any atom is -0.491 e. The summed E-state index contributed by atoms with van der Waals surface area (Å²) >= 11 is 0. The van der Waals surface area contributed by atoms with Crippen LogP contribution in [0, 0.1) is 0 Å². The van der Waals surface area contributed by atoms with E-state index in [1.165, 1.54) is 0 Å². The smallest absolute Gasteiger partial charge is 0.254 e. The molecule has 3 aromatic rings. The maximum absolute atomic E-state index is 13.2. The zero-order valence-corrected chi connectivity index (χ0v) is 18.0. The number of methoxy groups -OCH3 is 1. The number of hydrogen-bond acceptors (Lipinski definition) is 5. The number of amides is 1. The first-order valence-corrected chi connectivity index (χ1v) is 10.7. The van der Waals surface area contributed by atoms with Gasteiger partial charge in [0.25, 0.3) is 5.91 Å². The molecule has 0 N–H and O–H groups in total. The summed E-state index contributed by atoms with van der Waals surface area (Å²) in [4.78, 5) is 24.4. The molecule has 1 aliphatic heterocycles. The highest BCUT2D eigenvalue weighted by Gasteiger charge is 2.31. The number of imidazole rings is 1. The van der Waals surface area contributed by atoms with E-state index in [1.807, 2.05) is 58.1 Å². The Balaban J connectivity index is 1.51. The van der Waals surface area contributed by atoms with Crippen LogP contribution in [0.3, 0.4) is 0 Å². The van der Waals surface area contributed by atoms with Crippen molar-refractivity contribution in [3.63, 3.8) is 0 Å². The number of aryl methyl sites for hydroxylation is 1. The van der Waals surface area contributed by atoms with Crippen LogP contribution in [0.15, 0.2) is 54.9 Å². The third kappa shape index (κ3) is 4.61. The number of carbonyl (C=O) groups is 1. The standard InChI is InChI=1S/C24H28N4O3/c1-3-22-25-13-15-28(22)23-8-4-6-20(26-23)21-7-5-14-27(21)24(29)18-9-11-19(12-10-18)31-17-16-30-2/h4,6,8-13,15,21H,3,5,7,14,16-17H2,1-2H3/t21-/m0/s1. The molecule has 1 saturated heterocycles. The monoisotopic (exact) mass is 420 g/mol. The van der Waals surface area contributed by atoms with Crippen molar-refractivity contribution in [2.45, 2.75) is 32.2 Å². The van der Waals surface area contributed by atoms with Gasteiger partial charge in [-0.3, -0.25) is 9.36 Å². The first kappa shape index (κ1) is 21.1. The minimum atomic E-state index is -0.0290. The van der Waals surface area contributed by atoms with Crippen LogP contribution in [0.1, 0.15) is 47.7 Å². The predicted octanol–water partition coefficient (Wildman–Crippen LogP) is 3.83. The molecule has 31 heavy (non-hydrogen) atoms. The Morgan fingerprint density at radius 2 is 2.00 bits per heavy atom. The summed E-state index contributed by atoms with van der Waals surface area (Å²) in [6, 6.07) is 13.3. The van der Waals surface area contributed by atoms with Gasteiger partial charge >= 0.3 is 0 Å². The van der Waals surface area contributed by atoms with Crippen molar-refractivity contribution in [3.05, 3.63) is 71.9 Å². The molecule has 0 unspecified atom stereocenters. The van der Waals surface area contributed by atoms with Crippen LogP contribution >= 0.6 is 0 Å². The second-order valence-corrected chi connectivity index (χ2v) is 7.51. The number of carbonyl (C=O) groups excluding carboxylic acids is 1. The topological polar surface area (TPSA) is 69.5 Å². The molecule has 1 atom stereocenters. The van der Waals surface area contributed by atoms with Gasteiger partial charge in [-0.15, -0.1) is 0 Å². The number of pyridine rings is 1. The first-order valence-electron chi connectivity index (χ1n) is 10.7. The van der Waals surface area contributed by atoms with E-state index < -0.39 is 0 Å². The molecular weight excluding hydrogens is 392 g/mol. The first-order chi connectivity index (χ1) is 15.2. The van der Waals surface area contributed by atoms with E-state index in [9.17, 15) is 4.79 Å². The van der Waals surface area contributed by atoms with Crippen molar-refractivity contribution in [2.24, 2.45) is 0 Å². The van der Waals surface area contributed by atoms with Crippen molar-refractivity contribution >= 4 is 5.91 Å². The highest BCUT2D eigenvalue weighted by Crippen LogP contribution is 2.33. The largest absolute Gasteiger partial charge is 0.491 e. The van der Waals surface area contributed by atoms with Gasteiger partial charge in [0.2, 0.25) is 0 Å². The number of aromatic nitrogens is 3. The van der Waals surface area contributed by atoms with Crippen LogP contribution in [-0.4, -0.2) is 52.2 Å². The average molecular weight is 421 g/mol. The van der Waals surface area contributed by atoms with Crippen LogP contribution in [0.5, 0.6) is 5.75 Å². The van der Waals surface area contributed by atoms with Gasteiger partial charge in [0.05, 0.1) is 18.3 Å². The van der Waals surface area contributed by atoms with E-state index in [0.29, 0.717) is 18.8 Å². The lowest BCUT2D eigenvalue weighted by molar-refractivity contribution is 0.0733. The highest BCUT2D eigenvalue weighted by atomic mass is 16.5. The summed E-state index contributed by atoms with van der Waals surface area (Å²) in [5.41, 5.74) is 1.57. The summed E-state index contributed by atoms with van der Waals surface area (Å²) in [7, 11) is 1.64. The van der Waals surface area contributed by atoms with E-state index >= 15 is 0 Å². The quantitative estimate of drug-likeness (QED) is 0.518. The third-order valence-corrected chi connectivity index (χ3v) is 5.55. The Morgan fingerprint density at radius 1 is 1.16 bits per heavy atom. The fourth-order valence-electron chi connectivity index (χ4n) is 3.98. The van der Waals surface area contributed by atoms with Crippen molar-refractivity contribution in [2.75, 3.05) is 26.9 Å². The molecule has 0 spiro atoms. The van der Waals surface area contributed by atoms with Crippen LogP contribution in [0.25, 0.3) is 5.82 Å². The van der Waals surface area contributed by atoms with Crippen LogP contribution in [-0.2, 0) is 11.2 Å². The van der Waals surface area contributed by atoms with Crippen LogP contribution in [0.2, 0.25) is 0 Å². The number of nitrogens with zero attached hydrogens (tertiary/aromatic N) is 4. The number of rotatable bonds is 8. The maximum Gasteiger partial charge on any atom is 0.254 e. The third-order valence-electron chi connectivity index (χ3n) is 5.55. The van der Waals surface area contributed by atoms with E-state index in [-0.39, 0.29) is 11.9 Å². The molecule has 1 aromatic carbocycles. The summed E-state index contributed by atoms with van der Waals surface area (Å²) in [5.74, 6) is 2.56. The summed E-state index contributed by atoms with van der Waals surface area (Å²) < 4.78 is 12.6. The van der Waals surface area contributed by atoms with Gasteiger partial charge < -0.3 is 14.4 Å². The lowest BCUT2D eigenvalue weighted by Crippen LogP contribution is -2.31. The van der Waals surface area contributed by atoms with E-state index in [2.05, 4.69) is 11.9 Å². The zero-order valence-electron chi connectivity index (χ0n) is 18.0. The Bertz CT molecular complexity index is 1020. The van der Waals surface area contributed by atoms with Gasteiger partial charge in [0, 0.05) is 38.0 Å². The fraction of sp³-hybridized carbons (Fsp3) is 0.375. The molecule has 3 heterocycles. The van der Waals surface area contributed by atoms with E-state index in [1.54, 1.807) is 13.3 Å². The van der Waals surface area contributed by atoms with Gasteiger partial charge in [-0.1, -0.05) is 13.0 Å². The highest BCUT2D eigenvalue weighted by molar-refractivity contribution is 5.94. The molecule has 0 bridgehead atoms.